The van der Waals surface area contributed by atoms with E-state index in [-0.39, 0.29) is 0 Å². The van der Waals surface area contributed by atoms with E-state index in [4.69, 9.17) is 4.98 Å². The lowest BCUT2D eigenvalue weighted by molar-refractivity contribution is 0.667. The summed E-state index contributed by atoms with van der Waals surface area (Å²) in [5.74, 6) is 1.77. The average Bonchev–Trinajstić information content (AvgIpc) is 2.86. The van der Waals surface area contributed by atoms with Gasteiger partial charge in [0.25, 0.3) is 0 Å². The predicted molar refractivity (Wildman–Crippen MR) is 68.6 cm³/mol. The van der Waals surface area contributed by atoms with Crippen molar-refractivity contribution in [2.45, 2.75) is 12.3 Å². The number of rotatable bonds is 1. The molecule has 16 heavy (non-hydrogen) atoms. The van der Waals surface area contributed by atoms with E-state index in [0.717, 1.165) is 23.1 Å². The number of nitrogens with one attached hydrogen (secondary N) is 1. The molecule has 1 aromatic carbocycles. The Bertz CT molecular complexity index is 526. The predicted octanol–water partition coefficient (Wildman–Crippen LogP) is 2.41. The minimum Gasteiger partial charge on any atom is -0.331 e. The minimum absolute atomic E-state index is 0.566. The van der Waals surface area contributed by atoms with Gasteiger partial charge in [0.2, 0.25) is 0 Å². The number of halogens is 1. The van der Waals surface area contributed by atoms with Crippen LogP contribution < -0.4 is 5.32 Å². The molecule has 1 unspecified atom stereocenters. The lowest BCUT2D eigenvalue weighted by atomic mass is 10.1. The summed E-state index contributed by atoms with van der Waals surface area (Å²) >= 11 is 3.49. The molecule has 0 bridgehead atoms. The minimum atomic E-state index is 0.566. The molecule has 1 fully saturated rings. The van der Waals surface area contributed by atoms with Crippen molar-refractivity contribution in [1.82, 2.24) is 14.9 Å². The fraction of sp³-hybridized carbons (Fsp3) is 0.417. The van der Waals surface area contributed by atoms with E-state index in [0.29, 0.717) is 5.92 Å². The molecule has 3 rings (SSSR count). The highest BCUT2D eigenvalue weighted by Crippen LogP contribution is 2.26. The number of aromatic nitrogens is 2. The van der Waals surface area contributed by atoms with Crippen molar-refractivity contribution in [2.75, 3.05) is 13.1 Å². The number of aryl methyl sites for hydroxylation is 1. The van der Waals surface area contributed by atoms with Crippen LogP contribution in [-0.2, 0) is 7.05 Å². The number of fused-ring (bicyclic) bond motifs is 1. The average molecular weight is 280 g/mol. The summed E-state index contributed by atoms with van der Waals surface area (Å²) in [4.78, 5) is 4.75. The molecule has 1 aromatic heterocycles. The van der Waals surface area contributed by atoms with Gasteiger partial charge in [-0.25, -0.2) is 4.98 Å². The standard InChI is InChI=1S/C12H14BrN3/c1-16-11-3-2-9(13)6-10(11)15-12(16)8-4-5-14-7-8/h2-3,6,8,14H,4-5,7H2,1H3. The largest absolute Gasteiger partial charge is 0.331 e. The third-order valence-electron chi connectivity index (χ3n) is 3.30. The zero-order chi connectivity index (χ0) is 11.1. The molecular weight excluding hydrogens is 266 g/mol. The molecule has 1 atom stereocenters. The van der Waals surface area contributed by atoms with E-state index >= 15 is 0 Å². The third-order valence-corrected chi connectivity index (χ3v) is 3.80. The van der Waals surface area contributed by atoms with Crippen molar-refractivity contribution < 1.29 is 0 Å². The molecule has 1 saturated heterocycles. The van der Waals surface area contributed by atoms with E-state index in [1.807, 2.05) is 0 Å². The van der Waals surface area contributed by atoms with Crippen LogP contribution >= 0.6 is 15.9 Å². The number of imidazole rings is 1. The highest BCUT2D eigenvalue weighted by atomic mass is 79.9. The van der Waals surface area contributed by atoms with Crippen LogP contribution in [0.15, 0.2) is 22.7 Å². The van der Waals surface area contributed by atoms with Crippen molar-refractivity contribution >= 4 is 27.0 Å². The molecular formula is C12H14BrN3. The monoisotopic (exact) mass is 279 g/mol. The maximum Gasteiger partial charge on any atom is 0.114 e. The summed E-state index contributed by atoms with van der Waals surface area (Å²) in [6.45, 7) is 2.16. The first-order valence-corrected chi connectivity index (χ1v) is 6.37. The molecule has 3 nitrogen and oxygen atoms in total. The van der Waals surface area contributed by atoms with Crippen molar-refractivity contribution in [3.8, 4) is 0 Å². The van der Waals surface area contributed by atoms with E-state index in [9.17, 15) is 0 Å². The highest BCUT2D eigenvalue weighted by Gasteiger charge is 2.21. The van der Waals surface area contributed by atoms with Gasteiger partial charge in [-0.1, -0.05) is 15.9 Å². The first-order chi connectivity index (χ1) is 7.75. The smallest absolute Gasteiger partial charge is 0.114 e. The Balaban J connectivity index is 2.14. The molecule has 84 valence electrons. The van der Waals surface area contributed by atoms with Crippen LogP contribution in [0.2, 0.25) is 0 Å². The Kier molecular flexibility index (Phi) is 2.48. The maximum absolute atomic E-state index is 4.75. The summed E-state index contributed by atoms with van der Waals surface area (Å²) in [6.07, 6.45) is 1.19. The Morgan fingerprint density at radius 1 is 1.50 bits per heavy atom. The van der Waals surface area contributed by atoms with Crippen LogP contribution in [-0.4, -0.2) is 22.6 Å². The lowest BCUT2D eigenvalue weighted by Crippen LogP contribution is -2.11. The quantitative estimate of drug-likeness (QED) is 0.869. The van der Waals surface area contributed by atoms with Crippen molar-refractivity contribution in [3.05, 3.63) is 28.5 Å². The second-order valence-corrected chi connectivity index (χ2v) is 5.27. The van der Waals surface area contributed by atoms with E-state index in [1.165, 1.54) is 17.8 Å². The van der Waals surface area contributed by atoms with E-state index < -0.39 is 0 Å². The summed E-state index contributed by atoms with van der Waals surface area (Å²) in [7, 11) is 2.11. The van der Waals surface area contributed by atoms with Gasteiger partial charge in [0.15, 0.2) is 0 Å². The Morgan fingerprint density at radius 3 is 3.12 bits per heavy atom. The molecule has 1 N–H and O–H groups in total. The molecule has 0 aliphatic carbocycles. The van der Waals surface area contributed by atoms with Crippen molar-refractivity contribution in [1.29, 1.82) is 0 Å². The molecule has 0 saturated carbocycles. The Morgan fingerprint density at radius 2 is 2.38 bits per heavy atom. The molecule has 1 aliphatic heterocycles. The zero-order valence-electron chi connectivity index (χ0n) is 9.20. The molecule has 2 aromatic rings. The molecule has 1 aliphatic rings. The van der Waals surface area contributed by atoms with Gasteiger partial charge in [-0.2, -0.15) is 0 Å². The van der Waals surface area contributed by atoms with Gasteiger partial charge in [-0.3, -0.25) is 0 Å². The summed E-state index contributed by atoms with van der Waals surface area (Å²) < 4.78 is 3.31. The molecule has 0 spiro atoms. The van der Waals surface area contributed by atoms with Gasteiger partial charge in [0.05, 0.1) is 11.0 Å². The Labute approximate surface area is 103 Å². The molecule has 2 heterocycles. The SMILES string of the molecule is Cn1c(C2CCNC2)nc2cc(Br)ccc21. The highest BCUT2D eigenvalue weighted by molar-refractivity contribution is 9.10. The second-order valence-electron chi connectivity index (χ2n) is 4.35. The fourth-order valence-electron chi connectivity index (χ4n) is 2.43. The first-order valence-electron chi connectivity index (χ1n) is 5.58. The molecule has 4 heteroatoms. The van der Waals surface area contributed by atoms with Crippen molar-refractivity contribution in [2.24, 2.45) is 7.05 Å². The van der Waals surface area contributed by atoms with Crippen LogP contribution in [0, 0.1) is 0 Å². The van der Waals surface area contributed by atoms with Crippen LogP contribution in [0.1, 0.15) is 18.2 Å². The van der Waals surface area contributed by atoms with Crippen molar-refractivity contribution in [3.63, 3.8) is 0 Å². The van der Waals surface area contributed by atoms with Crippen LogP contribution in [0.5, 0.6) is 0 Å². The van der Waals surface area contributed by atoms with Gasteiger partial charge in [-0.05, 0) is 31.2 Å². The van der Waals surface area contributed by atoms with Crippen LogP contribution in [0.25, 0.3) is 11.0 Å². The first kappa shape index (κ1) is 10.3. The Hall–Kier alpha value is -0.870. The summed E-state index contributed by atoms with van der Waals surface area (Å²) in [6, 6.07) is 6.28. The summed E-state index contributed by atoms with van der Waals surface area (Å²) in [5, 5.41) is 3.39. The fourth-order valence-corrected chi connectivity index (χ4v) is 2.78. The van der Waals surface area contributed by atoms with Crippen LogP contribution in [0.4, 0.5) is 0 Å². The topological polar surface area (TPSA) is 29.9 Å². The molecule has 0 radical (unpaired) electrons. The van der Waals surface area contributed by atoms with Gasteiger partial charge >= 0.3 is 0 Å². The number of hydrogen-bond donors (Lipinski definition) is 1. The van der Waals surface area contributed by atoms with Gasteiger partial charge in [-0.15, -0.1) is 0 Å². The number of benzene rings is 1. The molecule has 0 amide bonds. The number of nitrogens with zero attached hydrogens (tertiary/aromatic N) is 2. The van der Waals surface area contributed by atoms with Gasteiger partial charge in [0.1, 0.15) is 5.82 Å². The maximum atomic E-state index is 4.75. The summed E-state index contributed by atoms with van der Waals surface area (Å²) in [5.41, 5.74) is 2.30. The zero-order valence-corrected chi connectivity index (χ0v) is 10.8. The third kappa shape index (κ3) is 1.57. The van der Waals surface area contributed by atoms with Gasteiger partial charge in [0, 0.05) is 24.0 Å². The number of hydrogen-bond acceptors (Lipinski definition) is 2. The van der Waals surface area contributed by atoms with E-state index in [2.05, 4.69) is 51.1 Å². The van der Waals surface area contributed by atoms with Gasteiger partial charge < -0.3 is 9.88 Å². The lowest BCUT2D eigenvalue weighted by Gasteiger charge is -2.07. The normalized spacial score (nSPS) is 20.8. The van der Waals surface area contributed by atoms with E-state index in [1.54, 1.807) is 0 Å². The van der Waals surface area contributed by atoms with Crippen LogP contribution in [0.3, 0.4) is 0 Å². The second kappa shape index (κ2) is 3.86.